The van der Waals surface area contributed by atoms with Crippen molar-refractivity contribution in [3.05, 3.63) is 23.8 Å². The van der Waals surface area contributed by atoms with E-state index in [4.69, 9.17) is 4.74 Å². The Balaban J connectivity index is 3.12. The molecule has 0 amide bonds. The van der Waals surface area contributed by atoms with E-state index < -0.39 is 21.2 Å². The first kappa shape index (κ1) is 17.9. The molecule has 6 heteroatoms. The Morgan fingerprint density at radius 2 is 1.81 bits per heavy atom. The number of benzene rings is 1. The fraction of sp³-hybridized carbons (Fsp3) is 0.600. The summed E-state index contributed by atoms with van der Waals surface area (Å²) >= 11 is 0. The lowest BCUT2D eigenvalue weighted by atomic mass is 9.87. The van der Waals surface area contributed by atoms with E-state index in [2.05, 4.69) is 4.72 Å². The van der Waals surface area contributed by atoms with Gasteiger partial charge in [0.25, 0.3) is 0 Å². The molecule has 120 valence electrons. The maximum Gasteiger partial charge on any atom is 0.241 e. The minimum Gasteiger partial charge on any atom is -0.494 e. The van der Waals surface area contributed by atoms with E-state index in [0.29, 0.717) is 12.4 Å². The maximum absolute atomic E-state index is 12.5. The van der Waals surface area contributed by atoms with Crippen molar-refractivity contribution in [3.8, 4) is 5.75 Å². The Hall–Kier alpha value is -1.11. The van der Waals surface area contributed by atoms with Crippen molar-refractivity contribution in [2.75, 3.05) is 6.61 Å². The molecule has 0 saturated heterocycles. The van der Waals surface area contributed by atoms with Gasteiger partial charge < -0.3 is 9.84 Å². The predicted octanol–water partition coefficient (Wildman–Crippen LogP) is 2.22. The van der Waals surface area contributed by atoms with Crippen molar-refractivity contribution in [2.45, 2.75) is 57.6 Å². The van der Waals surface area contributed by atoms with E-state index in [1.807, 2.05) is 6.92 Å². The van der Waals surface area contributed by atoms with Crippen LogP contribution in [0.1, 0.15) is 40.2 Å². The van der Waals surface area contributed by atoms with Crippen molar-refractivity contribution >= 4 is 10.0 Å². The highest BCUT2D eigenvalue weighted by molar-refractivity contribution is 7.89. The second kappa shape index (κ2) is 5.94. The van der Waals surface area contributed by atoms with E-state index in [1.54, 1.807) is 46.8 Å². The SMILES string of the molecule is CCOc1ccc(S(=O)(=O)NC(C)(C)C(C)(C)O)cc1C. The number of hydrogen-bond acceptors (Lipinski definition) is 4. The fourth-order valence-corrected chi connectivity index (χ4v) is 3.24. The van der Waals surface area contributed by atoms with Gasteiger partial charge in [-0.2, -0.15) is 0 Å². The Morgan fingerprint density at radius 1 is 1.24 bits per heavy atom. The number of nitrogens with one attached hydrogen (secondary N) is 1. The molecular weight excluding hydrogens is 290 g/mol. The number of hydrogen-bond donors (Lipinski definition) is 2. The summed E-state index contributed by atoms with van der Waals surface area (Å²) in [6.45, 7) is 10.6. The van der Waals surface area contributed by atoms with Gasteiger partial charge in [-0.3, -0.25) is 0 Å². The van der Waals surface area contributed by atoms with E-state index >= 15 is 0 Å². The molecule has 2 N–H and O–H groups in total. The standard InChI is InChI=1S/C15H25NO4S/c1-7-20-13-9-8-12(10-11(13)2)21(18,19)16-14(3,4)15(5,6)17/h8-10,16-17H,7H2,1-6H3. The summed E-state index contributed by atoms with van der Waals surface area (Å²) in [5.41, 5.74) is -1.44. The number of sulfonamides is 1. The molecule has 0 radical (unpaired) electrons. The van der Waals surface area contributed by atoms with Crippen LogP contribution in [0.25, 0.3) is 0 Å². The van der Waals surface area contributed by atoms with Gasteiger partial charge in [-0.1, -0.05) is 0 Å². The first-order chi connectivity index (χ1) is 9.40. The summed E-state index contributed by atoms with van der Waals surface area (Å²) in [6, 6.07) is 4.71. The highest BCUT2D eigenvalue weighted by atomic mass is 32.2. The zero-order chi connectivity index (χ0) is 16.5. The zero-order valence-corrected chi connectivity index (χ0v) is 14.3. The minimum absolute atomic E-state index is 0.153. The second-order valence-electron chi connectivity index (χ2n) is 6.15. The van der Waals surface area contributed by atoms with Gasteiger partial charge in [0, 0.05) is 0 Å². The van der Waals surface area contributed by atoms with Crippen LogP contribution in [0.5, 0.6) is 5.75 Å². The molecule has 0 spiro atoms. The van der Waals surface area contributed by atoms with Gasteiger partial charge >= 0.3 is 0 Å². The molecule has 1 aromatic rings. The molecule has 0 bridgehead atoms. The molecule has 1 aromatic carbocycles. The van der Waals surface area contributed by atoms with Crippen LogP contribution >= 0.6 is 0 Å². The highest BCUT2D eigenvalue weighted by Crippen LogP contribution is 2.26. The van der Waals surface area contributed by atoms with E-state index in [1.165, 1.54) is 6.07 Å². The molecule has 5 nitrogen and oxygen atoms in total. The first-order valence-corrected chi connectivity index (χ1v) is 8.39. The summed E-state index contributed by atoms with van der Waals surface area (Å²) in [5.74, 6) is 0.665. The normalized spacial score (nSPS) is 13.3. The number of aliphatic hydroxyl groups is 1. The molecule has 0 aliphatic rings. The third-order valence-electron chi connectivity index (χ3n) is 3.68. The summed E-state index contributed by atoms with van der Waals surface area (Å²) in [7, 11) is -3.72. The Kier molecular flexibility index (Phi) is 5.08. The third kappa shape index (κ3) is 4.18. The van der Waals surface area contributed by atoms with Crippen molar-refractivity contribution < 1.29 is 18.3 Å². The molecule has 21 heavy (non-hydrogen) atoms. The summed E-state index contributed by atoms with van der Waals surface area (Å²) in [6.07, 6.45) is 0. The topological polar surface area (TPSA) is 75.6 Å². The predicted molar refractivity (Wildman–Crippen MR) is 83.0 cm³/mol. The van der Waals surface area contributed by atoms with Gasteiger partial charge in [0.1, 0.15) is 5.75 Å². The lowest BCUT2D eigenvalue weighted by molar-refractivity contribution is 0.00638. The van der Waals surface area contributed by atoms with E-state index in [9.17, 15) is 13.5 Å². The quantitative estimate of drug-likeness (QED) is 0.844. The number of aryl methyl sites for hydroxylation is 1. The Bertz CT molecular complexity index is 601. The molecular formula is C15H25NO4S. The highest BCUT2D eigenvalue weighted by Gasteiger charge is 2.38. The van der Waals surface area contributed by atoms with Crippen LogP contribution in [0.4, 0.5) is 0 Å². The van der Waals surface area contributed by atoms with E-state index in [-0.39, 0.29) is 4.90 Å². The van der Waals surface area contributed by atoms with Gasteiger partial charge in [-0.25, -0.2) is 13.1 Å². The third-order valence-corrected chi connectivity index (χ3v) is 5.33. The molecule has 0 saturated carbocycles. The molecule has 0 unspecified atom stereocenters. The van der Waals surface area contributed by atoms with Crippen LogP contribution in [0, 0.1) is 6.92 Å². The van der Waals surface area contributed by atoms with Gasteiger partial charge in [0.05, 0.1) is 22.6 Å². The van der Waals surface area contributed by atoms with Crippen LogP contribution in [0.3, 0.4) is 0 Å². The van der Waals surface area contributed by atoms with Crippen molar-refractivity contribution in [3.63, 3.8) is 0 Å². The molecule has 0 aromatic heterocycles. The van der Waals surface area contributed by atoms with Gasteiger partial charge in [-0.05, 0) is 65.3 Å². The first-order valence-electron chi connectivity index (χ1n) is 6.90. The van der Waals surface area contributed by atoms with Crippen molar-refractivity contribution in [1.29, 1.82) is 0 Å². The second-order valence-corrected chi connectivity index (χ2v) is 7.83. The van der Waals surface area contributed by atoms with Crippen LogP contribution in [-0.4, -0.2) is 31.3 Å². The average molecular weight is 315 g/mol. The van der Waals surface area contributed by atoms with Gasteiger partial charge in [0.15, 0.2) is 0 Å². The van der Waals surface area contributed by atoms with Crippen LogP contribution < -0.4 is 9.46 Å². The number of rotatable bonds is 6. The Labute approximate surface area is 127 Å². The smallest absolute Gasteiger partial charge is 0.241 e. The molecule has 0 fully saturated rings. The molecule has 1 rings (SSSR count). The van der Waals surface area contributed by atoms with Gasteiger partial charge in [0.2, 0.25) is 10.0 Å². The van der Waals surface area contributed by atoms with Crippen LogP contribution in [-0.2, 0) is 10.0 Å². The maximum atomic E-state index is 12.5. The Morgan fingerprint density at radius 3 is 2.24 bits per heavy atom. The number of ether oxygens (including phenoxy) is 1. The largest absolute Gasteiger partial charge is 0.494 e. The average Bonchev–Trinajstić information content (AvgIpc) is 2.29. The fourth-order valence-electron chi connectivity index (χ4n) is 1.63. The lowest BCUT2D eigenvalue weighted by Crippen LogP contribution is -2.57. The monoisotopic (exact) mass is 315 g/mol. The molecule has 0 aliphatic heterocycles. The lowest BCUT2D eigenvalue weighted by Gasteiger charge is -2.37. The van der Waals surface area contributed by atoms with Gasteiger partial charge in [-0.15, -0.1) is 0 Å². The van der Waals surface area contributed by atoms with Crippen molar-refractivity contribution in [1.82, 2.24) is 4.72 Å². The summed E-state index contributed by atoms with van der Waals surface area (Å²) < 4.78 is 32.9. The minimum atomic E-state index is -3.72. The summed E-state index contributed by atoms with van der Waals surface area (Å²) in [4.78, 5) is 0.153. The molecule has 0 aliphatic carbocycles. The van der Waals surface area contributed by atoms with Crippen molar-refractivity contribution in [2.24, 2.45) is 0 Å². The van der Waals surface area contributed by atoms with E-state index in [0.717, 1.165) is 5.56 Å². The molecule has 0 atom stereocenters. The van der Waals surface area contributed by atoms with Crippen LogP contribution in [0.2, 0.25) is 0 Å². The zero-order valence-electron chi connectivity index (χ0n) is 13.5. The van der Waals surface area contributed by atoms with Crippen LogP contribution in [0.15, 0.2) is 23.1 Å². The summed E-state index contributed by atoms with van der Waals surface area (Å²) in [5, 5.41) is 10.1. The molecule has 0 heterocycles.